The Morgan fingerprint density at radius 1 is 1.21 bits per heavy atom. The highest BCUT2D eigenvalue weighted by Gasteiger charge is 2.24. The van der Waals surface area contributed by atoms with E-state index in [1.54, 1.807) is 0 Å². The van der Waals surface area contributed by atoms with Gasteiger partial charge >= 0.3 is 0 Å². The van der Waals surface area contributed by atoms with Gasteiger partial charge in [0.05, 0.1) is 17.4 Å². The van der Waals surface area contributed by atoms with E-state index < -0.39 is 0 Å². The fraction of sp³-hybridized carbons (Fsp3) is 0.467. The van der Waals surface area contributed by atoms with Crippen LogP contribution in [0.1, 0.15) is 25.7 Å². The van der Waals surface area contributed by atoms with Gasteiger partial charge in [-0.05, 0) is 24.8 Å². The van der Waals surface area contributed by atoms with Crippen LogP contribution in [0, 0.1) is 5.92 Å². The zero-order chi connectivity index (χ0) is 13.1. The highest BCUT2D eigenvalue weighted by molar-refractivity contribution is 6.18. The van der Waals surface area contributed by atoms with E-state index in [9.17, 15) is 0 Å². The molecule has 1 aliphatic carbocycles. The van der Waals surface area contributed by atoms with Crippen LogP contribution in [0.4, 0.5) is 5.69 Å². The molecule has 0 spiro atoms. The maximum atomic E-state index is 6.09. The van der Waals surface area contributed by atoms with Gasteiger partial charge in [0.1, 0.15) is 0 Å². The lowest BCUT2D eigenvalue weighted by Crippen LogP contribution is -2.33. The molecular weight excluding hydrogens is 258 g/mol. The molecule has 0 bridgehead atoms. The van der Waals surface area contributed by atoms with E-state index >= 15 is 0 Å². The van der Waals surface area contributed by atoms with Crippen molar-refractivity contribution >= 4 is 28.2 Å². The van der Waals surface area contributed by atoms with Gasteiger partial charge in [0.15, 0.2) is 0 Å². The van der Waals surface area contributed by atoms with Crippen molar-refractivity contribution in [3.8, 4) is 0 Å². The van der Waals surface area contributed by atoms with Crippen molar-refractivity contribution in [2.75, 3.05) is 11.2 Å². The Kier molecular flexibility index (Phi) is 3.83. The molecule has 1 aliphatic rings. The minimum Gasteiger partial charge on any atom is -0.380 e. The van der Waals surface area contributed by atoms with Gasteiger partial charge in [-0.2, -0.15) is 10.2 Å². The van der Waals surface area contributed by atoms with E-state index in [1.807, 2.05) is 24.4 Å². The normalized spacial score (nSPS) is 23.4. The minimum absolute atomic E-state index is 0.457. The first-order valence-corrected chi connectivity index (χ1v) is 7.45. The van der Waals surface area contributed by atoms with Crippen LogP contribution < -0.4 is 5.32 Å². The SMILES string of the molecule is ClCC1CCCCC1Nc1cnnc2ccccc12. The Labute approximate surface area is 118 Å². The average Bonchev–Trinajstić information content (AvgIpc) is 2.48. The van der Waals surface area contributed by atoms with Crippen molar-refractivity contribution in [3.63, 3.8) is 0 Å². The summed E-state index contributed by atoms with van der Waals surface area (Å²) in [5.41, 5.74) is 2.01. The summed E-state index contributed by atoms with van der Waals surface area (Å²) in [5, 5.41) is 13.0. The molecule has 1 saturated carbocycles. The van der Waals surface area contributed by atoms with Crippen molar-refractivity contribution in [2.45, 2.75) is 31.7 Å². The summed E-state index contributed by atoms with van der Waals surface area (Å²) in [6.45, 7) is 0. The van der Waals surface area contributed by atoms with E-state index in [0.29, 0.717) is 12.0 Å². The fourth-order valence-corrected chi connectivity index (χ4v) is 3.27. The van der Waals surface area contributed by atoms with Gasteiger partial charge in [0.25, 0.3) is 0 Å². The van der Waals surface area contributed by atoms with E-state index in [4.69, 9.17) is 11.6 Å². The Morgan fingerprint density at radius 2 is 2.05 bits per heavy atom. The molecule has 1 fully saturated rings. The standard InChI is InChI=1S/C15H18ClN3/c16-9-11-5-1-3-7-13(11)18-15-10-17-19-14-8-4-2-6-12(14)15/h2,4,6,8,10-11,13H,1,3,5,7,9H2,(H,18,19). The largest absolute Gasteiger partial charge is 0.380 e. The molecule has 1 N–H and O–H groups in total. The molecule has 0 aliphatic heterocycles. The van der Waals surface area contributed by atoms with E-state index in [2.05, 4.69) is 21.6 Å². The van der Waals surface area contributed by atoms with Crippen LogP contribution in [0.25, 0.3) is 10.9 Å². The predicted molar refractivity (Wildman–Crippen MR) is 79.6 cm³/mol. The Morgan fingerprint density at radius 3 is 2.95 bits per heavy atom. The van der Waals surface area contributed by atoms with Crippen LogP contribution in [0.3, 0.4) is 0 Å². The van der Waals surface area contributed by atoms with Gasteiger partial charge in [0, 0.05) is 17.3 Å². The summed E-state index contributed by atoms with van der Waals surface area (Å²) >= 11 is 6.09. The van der Waals surface area contributed by atoms with Crippen LogP contribution in [-0.4, -0.2) is 22.1 Å². The molecule has 0 amide bonds. The number of rotatable bonds is 3. The second-order valence-corrected chi connectivity index (χ2v) is 5.53. The van der Waals surface area contributed by atoms with Crippen molar-refractivity contribution in [1.82, 2.24) is 10.2 Å². The van der Waals surface area contributed by atoms with Gasteiger partial charge in [-0.1, -0.05) is 31.0 Å². The Bertz CT molecular complexity index is 553. The summed E-state index contributed by atoms with van der Waals surface area (Å²) in [6, 6.07) is 8.56. The molecule has 2 unspecified atom stereocenters. The molecule has 1 aromatic heterocycles. The highest BCUT2D eigenvalue weighted by atomic mass is 35.5. The van der Waals surface area contributed by atoms with Crippen molar-refractivity contribution in [1.29, 1.82) is 0 Å². The van der Waals surface area contributed by atoms with Crippen LogP contribution >= 0.6 is 11.6 Å². The van der Waals surface area contributed by atoms with Crippen LogP contribution in [-0.2, 0) is 0 Å². The number of hydrogen-bond donors (Lipinski definition) is 1. The van der Waals surface area contributed by atoms with Crippen molar-refractivity contribution in [2.24, 2.45) is 5.92 Å². The lowest BCUT2D eigenvalue weighted by atomic mass is 9.85. The number of nitrogens with one attached hydrogen (secondary N) is 1. The fourth-order valence-electron chi connectivity index (χ4n) is 2.90. The molecule has 0 radical (unpaired) electrons. The van der Waals surface area contributed by atoms with E-state index in [1.165, 1.54) is 25.7 Å². The summed E-state index contributed by atoms with van der Waals surface area (Å²) in [7, 11) is 0. The lowest BCUT2D eigenvalue weighted by molar-refractivity contribution is 0.353. The molecule has 2 atom stereocenters. The zero-order valence-electron chi connectivity index (χ0n) is 10.8. The van der Waals surface area contributed by atoms with Crippen LogP contribution in [0.2, 0.25) is 0 Å². The van der Waals surface area contributed by atoms with E-state index in [0.717, 1.165) is 22.5 Å². The topological polar surface area (TPSA) is 37.8 Å². The van der Waals surface area contributed by atoms with Gasteiger partial charge in [-0.25, -0.2) is 0 Å². The third-order valence-electron chi connectivity index (χ3n) is 3.99. The molecule has 3 rings (SSSR count). The van der Waals surface area contributed by atoms with E-state index in [-0.39, 0.29) is 0 Å². The second-order valence-electron chi connectivity index (χ2n) is 5.23. The number of hydrogen-bond acceptors (Lipinski definition) is 3. The number of fused-ring (bicyclic) bond motifs is 1. The Hall–Kier alpha value is -1.35. The maximum Gasteiger partial charge on any atom is 0.0950 e. The molecule has 2 aromatic rings. The average molecular weight is 276 g/mol. The smallest absolute Gasteiger partial charge is 0.0950 e. The number of nitrogens with zero attached hydrogens (tertiary/aromatic N) is 2. The third kappa shape index (κ3) is 2.66. The van der Waals surface area contributed by atoms with Crippen molar-refractivity contribution < 1.29 is 0 Å². The molecule has 0 saturated heterocycles. The quantitative estimate of drug-likeness (QED) is 0.865. The van der Waals surface area contributed by atoms with Crippen LogP contribution in [0.5, 0.6) is 0 Å². The summed E-state index contributed by atoms with van der Waals surface area (Å²) in [6.07, 6.45) is 6.81. The highest BCUT2D eigenvalue weighted by Crippen LogP contribution is 2.30. The first-order chi connectivity index (χ1) is 9.38. The number of aromatic nitrogens is 2. The molecule has 3 nitrogen and oxygen atoms in total. The summed E-state index contributed by atoms with van der Waals surface area (Å²) < 4.78 is 0. The number of halogens is 1. The maximum absolute atomic E-state index is 6.09. The predicted octanol–water partition coefficient (Wildman–Crippen LogP) is 3.84. The van der Waals surface area contributed by atoms with Crippen LogP contribution in [0.15, 0.2) is 30.5 Å². The first kappa shape index (κ1) is 12.7. The Balaban J connectivity index is 1.88. The number of benzene rings is 1. The molecule has 100 valence electrons. The number of anilines is 1. The second kappa shape index (κ2) is 5.74. The van der Waals surface area contributed by atoms with Crippen molar-refractivity contribution in [3.05, 3.63) is 30.5 Å². The third-order valence-corrected chi connectivity index (χ3v) is 4.39. The van der Waals surface area contributed by atoms with Gasteiger partial charge < -0.3 is 5.32 Å². The molecular formula is C15H18ClN3. The van der Waals surface area contributed by atoms with Gasteiger partial charge in [-0.15, -0.1) is 11.6 Å². The first-order valence-electron chi connectivity index (χ1n) is 6.91. The monoisotopic (exact) mass is 275 g/mol. The zero-order valence-corrected chi connectivity index (χ0v) is 11.6. The summed E-state index contributed by atoms with van der Waals surface area (Å²) in [4.78, 5) is 0. The minimum atomic E-state index is 0.457. The summed E-state index contributed by atoms with van der Waals surface area (Å²) in [5.74, 6) is 1.29. The van der Waals surface area contributed by atoms with Gasteiger partial charge in [0.2, 0.25) is 0 Å². The molecule has 1 aromatic carbocycles. The lowest BCUT2D eigenvalue weighted by Gasteiger charge is -2.31. The van der Waals surface area contributed by atoms with Gasteiger partial charge in [-0.3, -0.25) is 0 Å². The molecule has 19 heavy (non-hydrogen) atoms. The number of alkyl halides is 1. The molecule has 1 heterocycles. The molecule has 4 heteroatoms.